The van der Waals surface area contributed by atoms with Gasteiger partial charge >= 0.3 is 18.4 Å². The Balaban J connectivity index is 1.56. The third kappa shape index (κ3) is 6.06. The van der Waals surface area contributed by atoms with Gasteiger partial charge in [-0.2, -0.15) is 26.3 Å². The topological polar surface area (TPSA) is 38.8 Å². The number of halogens is 6. The van der Waals surface area contributed by atoms with Crippen LogP contribution in [0, 0.1) is 0 Å². The van der Waals surface area contributed by atoms with Crippen molar-refractivity contribution in [3.05, 3.63) is 87.5 Å². The lowest BCUT2D eigenvalue weighted by Gasteiger charge is -2.25. The van der Waals surface area contributed by atoms with Crippen molar-refractivity contribution in [2.45, 2.75) is 83.4 Å². The van der Waals surface area contributed by atoms with Gasteiger partial charge in [0.1, 0.15) is 11.9 Å². The smallest absolute Gasteiger partial charge is 0.416 e. The molecular weight excluding hydrogens is 572 g/mol. The van der Waals surface area contributed by atoms with Gasteiger partial charge in [-0.3, -0.25) is 4.90 Å². The van der Waals surface area contributed by atoms with E-state index in [1.165, 1.54) is 10.5 Å². The van der Waals surface area contributed by atoms with E-state index in [0.717, 1.165) is 47.1 Å². The lowest BCUT2D eigenvalue weighted by atomic mass is 9.84. The first kappa shape index (κ1) is 30.8. The Morgan fingerprint density at radius 2 is 1.44 bits per heavy atom. The van der Waals surface area contributed by atoms with Gasteiger partial charge in [-0.25, -0.2) is 4.79 Å². The molecule has 0 aromatic heterocycles. The zero-order chi connectivity index (χ0) is 31.5. The molecule has 1 heterocycles. The van der Waals surface area contributed by atoms with Crippen molar-refractivity contribution in [1.29, 1.82) is 0 Å². The molecule has 4 nitrogen and oxygen atoms in total. The number of amides is 1. The molecule has 0 spiro atoms. The van der Waals surface area contributed by atoms with Crippen LogP contribution in [-0.2, 0) is 41.9 Å². The monoisotopic (exact) mass is 605 g/mol. The minimum atomic E-state index is -5.01. The van der Waals surface area contributed by atoms with Gasteiger partial charge in [0.25, 0.3) is 0 Å². The number of nitrogens with zero attached hydrogens (tertiary/aromatic N) is 1. The van der Waals surface area contributed by atoms with Crippen LogP contribution in [-0.4, -0.2) is 24.1 Å². The summed E-state index contributed by atoms with van der Waals surface area (Å²) in [4.78, 5) is 14.5. The molecule has 2 atom stereocenters. The molecule has 0 N–H and O–H groups in total. The maximum absolute atomic E-state index is 13.5. The van der Waals surface area contributed by atoms with Crippen LogP contribution in [0.1, 0.15) is 79.2 Å². The Labute approximate surface area is 246 Å². The summed E-state index contributed by atoms with van der Waals surface area (Å²) in [6.07, 6.45) is -9.40. The summed E-state index contributed by atoms with van der Waals surface area (Å²) < 4.78 is 92.4. The van der Waals surface area contributed by atoms with Crippen LogP contribution in [0.5, 0.6) is 5.75 Å². The van der Waals surface area contributed by atoms with Crippen molar-refractivity contribution >= 4 is 6.09 Å². The van der Waals surface area contributed by atoms with E-state index >= 15 is 0 Å². The standard InChI is InChI=1S/C33H33F6NO3/c1-18-29(21-12-24(32(34,35)36)15-25(13-21)33(37,38)39)43-30(41)40(18)17-22-11-19-7-6-8-20(19)14-26(22)27-16-23(31(2,3)4)9-10-28(27)42-5/h9-16,18,29H,6-8,17H2,1-5H3/t18-,29-/m0/s1. The number of alkyl halides is 6. The normalized spacial score (nSPS) is 19.0. The molecule has 1 aliphatic heterocycles. The molecule has 3 aromatic carbocycles. The van der Waals surface area contributed by atoms with Crippen LogP contribution in [0.15, 0.2) is 48.5 Å². The molecule has 230 valence electrons. The number of hydrogen-bond donors (Lipinski definition) is 0. The highest BCUT2D eigenvalue weighted by atomic mass is 19.4. The van der Waals surface area contributed by atoms with E-state index < -0.39 is 41.7 Å². The van der Waals surface area contributed by atoms with E-state index in [1.807, 2.05) is 18.2 Å². The van der Waals surface area contributed by atoms with Gasteiger partial charge in [-0.05, 0) is 95.3 Å². The molecule has 10 heteroatoms. The van der Waals surface area contributed by atoms with Crippen molar-refractivity contribution < 1.29 is 40.6 Å². The summed E-state index contributed by atoms with van der Waals surface area (Å²) in [5.41, 5.74) is 2.47. The molecule has 5 rings (SSSR count). The SMILES string of the molecule is COc1ccc(C(C)(C)C)cc1-c1cc2c(cc1CN1C(=O)O[C@H](c3cc(C(F)(F)F)cc(C(F)(F)F)c3)[C@@H]1C)CCC2. The second kappa shape index (κ2) is 10.8. The second-order valence-corrected chi connectivity index (χ2v) is 12.3. The number of carbonyl (C=O) groups excluding carboxylic acids is 1. The highest BCUT2D eigenvalue weighted by Crippen LogP contribution is 2.43. The molecule has 1 fully saturated rings. The van der Waals surface area contributed by atoms with E-state index in [1.54, 1.807) is 14.0 Å². The van der Waals surface area contributed by atoms with Crippen LogP contribution in [0.3, 0.4) is 0 Å². The van der Waals surface area contributed by atoms with E-state index in [4.69, 9.17) is 9.47 Å². The number of methoxy groups -OCH3 is 1. The van der Waals surface area contributed by atoms with Gasteiger partial charge in [0, 0.05) is 5.56 Å². The first-order chi connectivity index (χ1) is 20.0. The molecular formula is C33H33F6NO3. The molecule has 2 aliphatic rings. The zero-order valence-electron chi connectivity index (χ0n) is 24.5. The van der Waals surface area contributed by atoms with E-state index in [9.17, 15) is 31.1 Å². The second-order valence-electron chi connectivity index (χ2n) is 12.3. The molecule has 0 unspecified atom stereocenters. The number of cyclic esters (lactones) is 1. The summed E-state index contributed by atoms with van der Waals surface area (Å²) >= 11 is 0. The summed E-state index contributed by atoms with van der Waals surface area (Å²) in [6.45, 7) is 7.91. The molecule has 3 aromatic rings. The predicted octanol–water partition coefficient (Wildman–Crippen LogP) is 9.27. The van der Waals surface area contributed by atoms with Crippen LogP contribution in [0.25, 0.3) is 11.1 Å². The van der Waals surface area contributed by atoms with Crippen LogP contribution >= 0.6 is 0 Å². The zero-order valence-corrected chi connectivity index (χ0v) is 24.5. The summed E-state index contributed by atoms with van der Waals surface area (Å²) in [7, 11) is 1.58. The van der Waals surface area contributed by atoms with Gasteiger partial charge in [0.2, 0.25) is 0 Å². The fourth-order valence-corrected chi connectivity index (χ4v) is 5.93. The number of aryl methyl sites for hydroxylation is 2. The molecule has 1 aliphatic carbocycles. The van der Waals surface area contributed by atoms with Crippen LogP contribution < -0.4 is 4.74 Å². The van der Waals surface area contributed by atoms with Crippen molar-refractivity contribution in [1.82, 2.24) is 4.90 Å². The Kier molecular flexibility index (Phi) is 7.72. The van der Waals surface area contributed by atoms with E-state index in [0.29, 0.717) is 17.9 Å². The minimum Gasteiger partial charge on any atom is -0.496 e. The Morgan fingerprint density at radius 3 is 2.00 bits per heavy atom. The Bertz CT molecular complexity index is 1520. The van der Waals surface area contributed by atoms with Gasteiger partial charge in [0.15, 0.2) is 0 Å². The molecule has 0 bridgehead atoms. The molecule has 43 heavy (non-hydrogen) atoms. The first-order valence-electron chi connectivity index (χ1n) is 14.1. The van der Waals surface area contributed by atoms with Crippen molar-refractivity contribution in [2.24, 2.45) is 0 Å². The van der Waals surface area contributed by atoms with Crippen molar-refractivity contribution in [3.63, 3.8) is 0 Å². The fraction of sp³-hybridized carbons (Fsp3) is 0.424. The molecule has 1 saturated heterocycles. The molecule has 0 radical (unpaired) electrons. The van der Waals surface area contributed by atoms with Crippen LogP contribution in [0.2, 0.25) is 0 Å². The Hall–Kier alpha value is -3.69. The maximum Gasteiger partial charge on any atom is 0.416 e. The highest BCUT2D eigenvalue weighted by molar-refractivity contribution is 5.77. The maximum atomic E-state index is 13.5. The van der Waals surface area contributed by atoms with Gasteiger partial charge in [-0.1, -0.05) is 39.0 Å². The largest absolute Gasteiger partial charge is 0.496 e. The van der Waals surface area contributed by atoms with Crippen LogP contribution in [0.4, 0.5) is 31.1 Å². The van der Waals surface area contributed by atoms with E-state index in [-0.39, 0.29) is 23.6 Å². The lowest BCUT2D eigenvalue weighted by molar-refractivity contribution is -0.143. The number of hydrogen-bond acceptors (Lipinski definition) is 3. The number of rotatable bonds is 5. The first-order valence-corrected chi connectivity index (χ1v) is 14.1. The Morgan fingerprint density at radius 1 is 0.837 bits per heavy atom. The third-order valence-corrected chi connectivity index (χ3v) is 8.34. The number of benzene rings is 3. The summed E-state index contributed by atoms with van der Waals surface area (Å²) in [6, 6.07) is 10.6. The van der Waals surface area contributed by atoms with Gasteiger partial charge < -0.3 is 9.47 Å². The molecule has 1 amide bonds. The summed E-state index contributed by atoms with van der Waals surface area (Å²) in [5.74, 6) is 0.644. The number of carbonyl (C=O) groups is 1. The summed E-state index contributed by atoms with van der Waals surface area (Å²) in [5, 5.41) is 0. The average Bonchev–Trinajstić information content (AvgIpc) is 3.49. The van der Waals surface area contributed by atoms with Crippen molar-refractivity contribution in [3.8, 4) is 16.9 Å². The predicted molar refractivity (Wildman–Crippen MR) is 150 cm³/mol. The highest BCUT2D eigenvalue weighted by Gasteiger charge is 2.43. The fourth-order valence-electron chi connectivity index (χ4n) is 5.93. The minimum absolute atomic E-state index is 0.0487. The van der Waals surface area contributed by atoms with E-state index in [2.05, 4.69) is 32.9 Å². The quantitative estimate of drug-likeness (QED) is 0.272. The van der Waals surface area contributed by atoms with Crippen molar-refractivity contribution in [2.75, 3.05) is 7.11 Å². The third-order valence-electron chi connectivity index (χ3n) is 8.34. The number of fused-ring (bicyclic) bond motifs is 1. The lowest BCUT2D eigenvalue weighted by Crippen LogP contribution is -2.31. The molecule has 0 saturated carbocycles. The average molecular weight is 606 g/mol. The van der Waals surface area contributed by atoms with Gasteiger partial charge in [0.05, 0.1) is 30.8 Å². The van der Waals surface area contributed by atoms with Gasteiger partial charge in [-0.15, -0.1) is 0 Å². The number of ether oxygens (including phenoxy) is 2.